The lowest BCUT2D eigenvalue weighted by Crippen LogP contribution is -2.38. The number of nitrogens with zero attached hydrogens (tertiary/aromatic N) is 4. The molecule has 174 valence electrons. The van der Waals surface area contributed by atoms with E-state index in [4.69, 9.17) is 15.2 Å². The number of hydrogen-bond donors (Lipinski definition) is 3. The summed E-state index contributed by atoms with van der Waals surface area (Å²) in [6.07, 6.45) is 4.83. The Morgan fingerprint density at radius 3 is 2.65 bits per heavy atom. The lowest BCUT2D eigenvalue weighted by Gasteiger charge is -2.26. The second-order valence-corrected chi connectivity index (χ2v) is 7.91. The number of anilines is 3. The fraction of sp³-hybridized carbons (Fsp3) is 0.250. The van der Waals surface area contributed by atoms with Crippen molar-refractivity contribution in [2.75, 3.05) is 50.5 Å². The number of ether oxygens (including phenoxy) is 2. The van der Waals surface area contributed by atoms with E-state index in [1.54, 1.807) is 18.6 Å². The molecule has 1 fully saturated rings. The molecule has 4 N–H and O–H groups in total. The van der Waals surface area contributed by atoms with Gasteiger partial charge in [0.1, 0.15) is 18.2 Å². The SMILES string of the molecule is Nc1ncc(-c2cc3cc[nH]c(=O)c3c(Nc3ccc(OCCN4CCOCC4)cc3)n2)cn1. The van der Waals surface area contributed by atoms with Crippen molar-refractivity contribution in [1.82, 2.24) is 24.8 Å². The Balaban J connectivity index is 1.35. The van der Waals surface area contributed by atoms with Gasteiger partial charge < -0.3 is 25.5 Å². The average Bonchev–Trinajstić information content (AvgIpc) is 2.86. The first-order chi connectivity index (χ1) is 16.7. The Kier molecular flexibility index (Phi) is 6.32. The second-order valence-electron chi connectivity index (χ2n) is 7.91. The number of H-pyrrole nitrogens is 1. The predicted octanol–water partition coefficient (Wildman–Crippen LogP) is 2.42. The Labute approximate surface area is 195 Å². The maximum atomic E-state index is 12.6. The minimum atomic E-state index is -0.226. The van der Waals surface area contributed by atoms with Crippen molar-refractivity contribution < 1.29 is 9.47 Å². The molecule has 0 atom stereocenters. The maximum absolute atomic E-state index is 12.6. The molecule has 1 aliphatic rings. The molecular weight excluding hydrogens is 434 g/mol. The molecule has 0 spiro atoms. The van der Waals surface area contributed by atoms with Crippen LogP contribution in [-0.4, -0.2) is 64.3 Å². The van der Waals surface area contributed by atoms with Crippen molar-refractivity contribution in [3.05, 3.63) is 65.3 Å². The van der Waals surface area contributed by atoms with Gasteiger partial charge in [-0.25, -0.2) is 15.0 Å². The normalized spacial score (nSPS) is 14.2. The first kappa shape index (κ1) is 21.8. The third-order valence-electron chi connectivity index (χ3n) is 5.62. The van der Waals surface area contributed by atoms with E-state index in [1.165, 1.54) is 0 Å². The number of hydrogen-bond acceptors (Lipinski definition) is 9. The van der Waals surface area contributed by atoms with Gasteiger partial charge in [0.05, 0.1) is 24.3 Å². The van der Waals surface area contributed by atoms with Gasteiger partial charge in [-0.2, -0.15) is 0 Å². The number of pyridine rings is 2. The molecule has 4 aromatic rings. The van der Waals surface area contributed by atoms with Crippen LogP contribution in [0.5, 0.6) is 5.75 Å². The summed E-state index contributed by atoms with van der Waals surface area (Å²) in [6, 6.07) is 11.2. The van der Waals surface area contributed by atoms with Gasteiger partial charge in [-0.1, -0.05) is 0 Å². The minimum Gasteiger partial charge on any atom is -0.492 e. The van der Waals surface area contributed by atoms with Gasteiger partial charge in [-0.05, 0) is 41.8 Å². The van der Waals surface area contributed by atoms with Gasteiger partial charge in [0.15, 0.2) is 0 Å². The van der Waals surface area contributed by atoms with Crippen LogP contribution in [0.15, 0.2) is 59.8 Å². The first-order valence-electron chi connectivity index (χ1n) is 11.1. The molecule has 0 aliphatic carbocycles. The van der Waals surface area contributed by atoms with Gasteiger partial charge in [-0.3, -0.25) is 9.69 Å². The average molecular weight is 460 g/mol. The molecule has 0 bridgehead atoms. The second kappa shape index (κ2) is 9.86. The quantitative estimate of drug-likeness (QED) is 0.381. The monoisotopic (exact) mass is 459 g/mol. The van der Waals surface area contributed by atoms with Crippen molar-refractivity contribution in [2.45, 2.75) is 0 Å². The number of nitrogens with one attached hydrogen (secondary N) is 2. The van der Waals surface area contributed by atoms with E-state index >= 15 is 0 Å². The predicted molar refractivity (Wildman–Crippen MR) is 130 cm³/mol. The Bertz CT molecular complexity index is 1320. The van der Waals surface area contributed by atoms with Gasteiger partial charge in [0, 0.05) is 49.5 Å². The lowest BCUT2D eigenvalue weighted by molar-refractivity contribution is 0.0322. The molecule has 1 saturated heterocycles. The molecule has 4 heterocycles. The molecule has 0 amide bonds. The van der Waals surface area contributed by atoms with E-state index < -0.39 is 0 Å². The number of aromatic nitrogens is 4. The smallest absolute Gasteiger partial charge is 0.259 e. The van der Waals surface area contributed by atoms with Crippen LogP contribution in [0, 0.1) is 0 Å². The van der Waals surface area contributed by atoms with Crippen molar-refractivity contribution >= 4 is 28.2 Å². The minimum absolute atomic E-state index is 0.187. The number of rotatable bonds is 7. The van der Waals surface area contributed by atoms with Crippen molar-refractivity contribution in [3.8, 4) is 17.0 Å². The van der Waals surface area contributed by atoms with Crippen LogP contribution in [0.25, 0.3) is 22.0 Å². The Hall–Kier alpha value is -4.02. The number of morpholine rings is 1. The molecule has 0 saturated carbocycles. The summed E-state index contributed by atoms with van der Waals surface area (Å²) in [7, 11) is 0. The number of fused-ring (bicyclic) bond motifs is 1. The van der Waals surface area contributed by atoms with Crippen LogP contribution in [0.4, 0.5) is 17.5 Å². The zero-order valence-corrected chi connectivity index (χ0v) is 18.5. The first-order valence-corrected chi connectivity index (χ1v) is 11.1. The fourth-order valence-electron chi connectivity index (χ4n) is 3.81. The summed E-state index contributed by atoms with van der Waals surface area (Å²) in [5.41, 5.74) is 7.49. The number of aromatic amines is 1. The standard InChI is InChI=1S/C24H25N7O3/c25-24-27-14-17(15-28-24)20-13-16-5-6-26-23(32)21(16)22(30-20)29-18-1-3-19(4-2-18)34-12-9-31-7-10-33-11-8-31/h1-6,13-15H,7-12H2,(H,26,32)(H,29,30)(H2,25,27,28). The number of benzene rings is 1. The molecule has 1 aromatic carbocycles. The van der Waals surface area contributed by atoms with Crippen molar-refractivity contribution in [3.63, 3.8) is 0 Å². The summed E-state index contributed by atoms with van der Waals surface area (Å²) < 4.78 is 11.3. The van der Waals surface area contributed by atoms with Crippen molar-refractivity contribution in [1.29, 1.82) is 0 Å². The molecule has 0 unspecified atom stereocenters. The van der Waals surface area contributed by atoms with Crippen LogP contribution < -0.4 is 21.3 Å². The molecule has 10 nitrogen and oxygen atoms in total. The highest BCUT2D eigenvalue weighted by Gasteiger charge is 2.13. The molecule has 5 rings (SSSR count). The summed E-state index contributed by atoms with van der Waals surface area (Å²) in [6.45, 7) is 4.91. The summed E-state index contributed by atoms with van der Waals surface area (Å²) in [4.78, 5) is 30.4. The van der Waals surface area contributed by atoms with Crippen LogP contribution in [-0.2, 0) is 4.74 Å². The van der Waals surface area contributed by atoms with Crippen LogP contribution in [0.2, 0.25) is 0 Å². The van der Waals surface area contributed by atoms with Crippen molar-refractivity contribution in [2.24, 2.45) is 0 Å². The van der Waals surface area contributed by atoms with Gasteiger partial charge in [-0.15, -0.1) is 0 Å². The highest BCUT2D eigenvalue weighted by Crippen LogP contribution is 2.28. The summed E-state index contributed by atoms with van der Waals surface area (Å²) in [5, 5.41) is 4.48. The van der Waals surface area contributed by atoms with E-state index in [1.807, 2.05) is 36.4 Å². The van der Waals surface area contributed by atoms with Crippen LogP contribution in [0.1, 0.15) is 0 Å². The molecule has 3 aromatic heterocycles. The van der Waals surface area contributed by atoms with Gasteiger partial charge >= 0.3 is 0 Å². The molecule has 0 radical (unpaired) electrons. The Morgan fingerprint density at radius 1 is 1.12 bits per heavy atom. The molecule has 1 aliphatic heterocycles. The zero-order chi connectivity index (χ0) is 23.3. The lowest BCUT2D eigenvalue weighted by atomic mass is 10.1. The van der Waals surface area contributed by atoms with E-state index in [-0.39, 0.29) is 11.5 Å². The van der Waals surface area contributed by atoms with E-state index in [0.29, 0.717) is 29.1 Å². The Morgan fingerprint density at radius 2 is 1.88 bits per heavy atom. The number of nitrogen functional groups attached to an aromatic ring is 1. The molecule has 10 heteroatoms. The third-order valence-corrected chi connectivity index (χ3v) is 5.62. The number of nitrogens with two attached hydrogens (primary N) is 1. The van der Waals surface area contributed by atoms with Crippen LogP contribution in [0.3, 0.4) is 0 Å². The fourth-order valence-corrected chi connectivity index (χ4v) is 3.81. The summed E-state index contributed by atoms with van der Waals surface area (Å²) in [5.74, 6) is 1.40. The maximum Gasteiger partial charge on any atom is 0.259 e. The van der Waals surface area contributed by atoms with E-state index in [0.717, 1.165) is 49.7 Å². The third kappa shape index (κ3) is 4.98. The zero-order valence-electron chi connectivity index (χ0n) is 18.5. The molecule has 34 heavy (non-hydrogen) atoms. The highest BCUT2D eigenvalue weighted by molar-refractivity contribution is 5.95. The van der Waals surface area contributed by atoms with Gasteiger partial charge in [0.2, 0.25) is 5.95 Å². The largest absolute Gasteiger partial charge is 0.492 e. The van der Waals surface area contributed by atoms with E-state index in [9.17, 15) is 4.79 Å². The van der Waals surface area contributed by atoms with E-state index in [2.05, 4.69) is 30.2 Å². The summed E-state index contributed by atoms with van der Waals surface area (Å²) >= 11 is 0. The van der Waals surface area contributed by atoms with Crippen LogP contribution >= 0.6 is 0 Å². The topological polar surface area (TPSA) is 131 Å². The highest BCUT2D eigenvalue weighted by atomic mass is 16.5. The molecular formula is C24H25N7O3. The van der Waals surface area contributed by atoms with Gasteiger partial charge in [0.25, 0.3) is 5.56 Å².